The lowest BCUT2D eigenvalue weighted by Crippen LogP contribution is -2.25. The molecule has 0 bridgehead atoms. The molecule has 5 heteroatoms. The van der Waals surface area contributed by atoms with Crippen LogP contribution in [0.3, 0.4) is 0 Å². The molecule has 3 rings (SSSR count). The Hall–Kier alpha value is -2.56. The van der Waals surface area contributed by atoms with Gasteiger partial charge in [-0.15, -0.1) is 0 Å². The van der Waals surface area contributed by atoms with Gasteiger partial charge >= 0.3 is 6.18 Å². The van der Waals surface area contributed by atoms with Gasteiger partial charge < -0.3 is 4.57 Å². The number of rotatable bonds is 2. The lowest BCUT2D eigenvalue weighted by Gasteiger charge is -2.13. The number of Topliss-reactive ketones (excluding diaryl/α,β-unsaturated/α-hetero) is 1. The zero-order chi connectivity index (χ0) is 16.8. The van der Waals surface area contributed by atoms with Crippen molar-refractivity contribution in [2.45, 2.75) is 20.0 Å². The molecular weight excluding hydrogens is 303 g/mol. The maximum absolute atomic E-state index is 13.0. The average molecular weight is 317 g/mol. The highest BCUT2D eigenvalue weighted by Crippen LogP contribution is 2.31. The van der Waals surface area contributed by atoms with Gasteiger partial charge in [-0.05, 0) is 25.5 Å². The van der Waals surface area contributed by atoms with Crippen molar-refractivity contribution in [1.82, 2.24) is 4.57 Å². The first kappa shape index (κ1) is 15.3. The summed E-state index contributed by atoms with van der Waals surface area (Å²) in [4.78, 5) is 12.0. The Kier molecular flexibility index (Phi) is 3.51. The van der Waals surface area contributed by atoms with Crippen molar-refractivity contribution in [2.24, 2.45) is 0 Å². The molecule has 0 amide bonds. The molecule has 0 fully saturated rings. The second-order valence-corrected chi connectivity index (χ2v) is 5.55. The fourth-order valence-corrected chi connectivity index (χ4v) is 2.79. The molecule has 0 aliphatic rings. The molecule has 23 heavy (non-hydrogen) atoms. The summed E-state index contributed by atoms with van der Waals surface area (Å²) in [6, 6.07) is 12.0. The van der Waals surface area contributed by atoms with Crippen LogP contribution in [0.15, 0.2) is 48.7 Å². The van der Waals surface area contributed by atoms with E-state index in [1.165, 1.54) is 10.6 Å². The number of aromatic nitrogens is 1. The molecule has 0 N–H and O–H groups in total. The van der Waals surface area contributed by atoms with Crippen LogP contribution in [0.4, 0.5) is 13.2 Å². The minimum Gasteiger partial charge on any atom is -0.312 e. The quantitative estimate of drug-likeness (QED) is 0.610. The van der Waals surface area contributed by atoms with Crippen molar-refractivity contribution in [3.63, 3.8) is 0 Å². The van der Waals surface area contributed by atoms with Crippen LogP contribution in [0.5, 0.6) is 0 Å². The van der Waals surface area contributed by atoms with Crippen LogP contribution in [-0.2, 0) is 0 Å². The highest BCUT2D eigenvalue weighted by atomic mass is 19.4. The number of ketones is 1. The van der Waals surface area contributed by atoms with Gasteiger partial charge in [0.1, 0.15) is 5.69 Å². The molecule has 0 unspecified atom stereocenters. The maximum atomic E-state index is 13.0. The standard InChI is InChI=1S/C18H14F3NO/c1-11-7-8-15(12(2)9-11)22-10-13-5-3-4-6-14(13)16(22)17(23)18(19,20)21/h3-10H,1-2H3. The van der Waals surface area contributed by atoms with Crippen LogP contribution in [0, 0.1) is 13.8 Å². The van der Waals surface area contributed by atoms with Gasteiger partial charge in [0.05, 0.1) is 0 Å². The first-order valence-electron chi connectivity index (χ1n) is 7.08. The Morgan fingerprint density at radius 3 is 2.39 bits per heavy atom. The minimum atomic E-state index is -4.92. The van der Waals surface area contributed by atoms with E-state index in [0.717, 1.165) is 11.1 Å². The van der Waals surface area contributed by atoms with Gasteiger partial charge in [0, 0.05) is 22.7 Å². The number of alkyl halides is 3. The van der Waals surface area contributed by atoms with Gasteiger partial charge in [-0.3, -0.25) is 4.79 Å². The number of carbonyl (C=O) groups excluding carboxylic acids is 1. The monoisotopic (exact) mass is 317 g/mol. The van der Waals surface area contributed by atoms with E-state index < -0.39 is 12.0 Å². The van der Waals surface area contributed by atoms with Crippen LogP contribution in [-0.4, -0.2) is 16.5 Å². The second-order valence-electron chi connectivity index (χ2n) is 5.55. The smallest absolute Gasteiger partial charge is 0.312 e. The third kappa shape index (κ3) is 2.63. The summed E-state index contributed by atoms with van der Waals surface area (Å²) in [6.45, 7) is 3.72. The number of fused-ring (bicyclic) bond motifs is 1. The predicted octanol–water partition coefficient (Wildman–Crippen LogP) is 4.99. The van der Waals surface area contributed by atoms with E-state index in [4.69, 9.17) is 0 Å². The Balaban J connectivity index is 2.34. The zero-order valence-corrected chi connectivity index (χ0v) is 12.6. The molecule has 1 heterocycles. The van der Waals surface area contributed by atoms with Gasteiger partial charge in [0.2, 0.25) is 0 Å². The molecule has 3 aromatic rings. The fourth-order valence-electron chi connectivity index (χ4n) is 2.79. The summed E-state index contributed by atoms with van der Waals surface area (Å²) >= 11 is 0. The molecule has 0 aliphatic heterocycles. The van der Waals surface area contributed by atoms with Crippen molar-refractivity contribution in [3.05, 3.63) is 65.5 Å². The summed E-state index contributed by atoms with van der Waals surface area (Å²) in [5.74, 6) is -1.83. The van der Waals surface area contributed by atoms with Crippen LogP contribution in [0.1, 0.15) is 21.6 Å². The zero-order valence-electron chi connectivity index (χ0n) is 12.6. The Morgan fingerprint density at radius 1 is 1.04 bits per heavy atom. The van der Waals surface area contributed by atoms with Crippen LogP contribution >= 0.6 is 0 Å². The number of hydrogen-bond acceptors (Lipinski definition) is 1. The maximum Gasteiger partial charge on any atom is 0.456 e. The topological polar surface area (TPSA) is 22.0 Å². The van der Waals surface area contributed by atoms with Crippen molar-refractivity contribution in [2.75, 3.05) is 0 Å². The van der Waals surface area contributed by atoms with E-state index in [1.807, 2.05) is 26.0 Å². The normalized spacial score (nSPS) is 11.9. The van der Waals surface area contributed by atoms with Crippen molar-refractivity contribution >= 4 is 16.6 Å². The molecule has 118 valence electrons. The molecule has 2 nitrogen and oxygen atoms in total. The summed E-state index contributed by atoms with van der Waals surface area (Å²) in [5, 5.41) is 0.898. The first-order valence-corrected chi connectivity index (χ1v) is 7.08. The van der Waals surface area contributed by atoms with Gasteiger partial charge in [0.15, 0.2) is 0 Å². The van der Waals surface area contributed by atoms with Gasteiger partial charge in [0.25, 0.3) is 5.78 Å². The van der Waals surface area contributed by atoms with Crippen molar-refractivity contribution < 1.29 is 18.0 Å². The first-order chi connectivity index (χ1) is 10.8. The molecule has 0 atom stereocenters. The lowest BCUT2D eigenvalue weighted by atomic mass is 10.1. The van der Waals surface area contributed by atoms with Crippen molar-refractivity contribution in [1.29, 1.82) is 0 Å². The minimum absolute atomic E-state index is 0.301. The predicted molar refractivity (Wildman–Crippen MR) is 83.1 cm³/mol. The number of hydrogen-bond donors (Lipinski definition) is 0. The lowest BCUT2D eigenvalue weighted by molar-refractivity contribution is -0.0888. The van der Waals surface area contributed by atoms with Gasteiger partial charge in [-0.1, -0.05) is 42.0 Å². The van der Waals surface area contributed by atoms with E-state index in [-0.39, 0.29) is 5.69 Å². The third-order valence-corrected chi connectivity index (χ3v) is 3.81. The van der Waals surface area contributed by atoms with E-state index in [0.29, 0.717) is 16.5 Å². The summed E-state index contributed by atoms with van der Waals surface area (Å²) in [5.41, 5.74) is 2.03. The Bertz CT molecular complexity index is 906. The number of nitrogens with zero attached hydrogens (tertiary/aromatic N) is 1. The van der Waals surface area contributed by atoms with Crippen molar-refractivity contribution in [3.8, 4) is 5.69 Å². The van der Waals surface area contributed by atoms with Crippen LogP contribution in [0.2, 0.25) is 0 Å². The number of benzene rings is 2. The van der Waals surface area contributed by atoms with E-state index in [1.54, 1.807) is 30.5 Å². The molecule has 1 aromatic heterocycles. The summed E-state index contributed by atoms with van der Waals surface area (Å²) in [6.07, 6.45) is -3.34. The Morgan fingerprint density at radius 2 is 1.74 bits per heavy atom. The average Bonchev–Trinajstić information content (AvgIpc) is 2.84. The highest BCUT2D eigenvalue weighted by Gasteiger charge is 2.42. The number of carbonyl (C=O) groups is 1. The Labute approximate surface area is 131 Å². The SMILES string of the molecule is Cc1ccc(-n2cc3ccccc3c2C(=O)C(F)(F)F)c(C)c1. The third-order valence-electron chi connectivity index (χ3n) is 3.81. The number of halogens is 3. The van der Waals surface area contributed by atoms with E-state index >= 15 is 0 Å². The molecule has 0 radical (unpaired) electrons. The molecular formula is C18H14F3NO. The largest absolute Gasteiger partial charge is 0.456 e. The van der Waals surface area contributed by atoms with Gasteiger partial charge in [-0.2, -0.15) is 13.2 Å². The van der Waals surface area contributed by atoms with Crippen LogP contribution < -0.4 is 0 Å². The summed E-state index contributed by atoms with van der Waals surface area (Å²) < 4.78 is 40.5. The molecule has 0 saturated carbocycles. The van der Waals surface area contributed by atoms with E-state index in [9.17, 15) is 18.0 Å². The second kappa shape index (κ2) is 5.26. The molecule has 0 aliphatic carbocycles. The summed E-state index contributed by atoms with van der Waals surface area (Å²) in [7, 11) is 0. The van der Waals surface area contributed by atoms with Gasteiger partial charge in [-0.25, -0.2) is 0 Å². The number of aryl methyl sites for hydroxylation is 2. The fraction of sp³-hybridized carbons (Fsp3) is 0.167. The molecule has 0 spiro atoms. The van der Waals surface area contributed by atoms with Crippen LogP contribution in [0.25, 0.3) is 16.5 Å². The molecule has 0 saturated heterocycles. The highest BCUT2D eigenvalue weighted by molar-refractivity contribution is 6.10. The van der Waals surface area contributed by atoms with E-state index in [2.05, 4.69) is 0 Å². The molecule has 2 aromatic carbocycles.